The van der Waals surface area contributed by atoms with Crippen LogP contribution in [0.15, 0.2) is 54.9 Å². The van der Waals surface area contributed by atoms with Crippen molar-refractivity contribution in [3.8, 4) is 5.69 Å². The van der Waals surface area contributed by atoms with Crippen LogP contribution in [0.2, 0.25) is 0 Å². The highest BCUT2D eigenvalue weighted by molar-refractivity contribution is 5.97. The number of amides is 1. The van der Waals surface area contributed by atoms with E-state index < -0.39 is 0 Å². The summed E-state index contributed by atoms with van der Waals surface area (Å²) in [5, 5.41) is 14.0. The molecule has 3 N–H and O–H groups in total. The van der Waals surface area contributed by atoms with Gasteiger partial charge in [-0.1, -0.05) is 36.4 Å². The van der Waals surface area contributed by atoms with E-state index in [0.717, 1.165) is 11.1 Å². The van der Waals surface area contributed by atoms with Crippen LogP contribution < -0.4 is 11.1 Å². The van der Waals surface area contributed by atoms with Crippen molar-refractivity contribution < 1.29 is 4.79 Å². The van der Waals surface area contributed by atoms with E-state index in [1.165, 1.54) is 11.0 Å². The average molecular weight is 359 g/mol. The van der Waals surface area contributed by atoms with Gasteiger partial charge in [0.05, 0.1) is 11.3 Å². The summed E-state index contributed by atoms with van der Waals surface area (Å²) in [5.41, 5.74) is 9.05. The summed E-state index contributed by atoms with van der Waals surface area (Å²) < 4.78 is 1.46. The van der Waals surface area contributed by atoms with Crippen LogP contribution in [0, 0.1) is 0 Å². The third-order valence-electron chi connectivity index (χ3n) is 3.70. The lowest BCUT2D eigenvalue weighted by Crippen LogP contribution is -2.24. The molecule has 1 aromatic heterocycles. The summed E-state index contributed by atoms with van der Waals surface area (Å²) in [6.45, 7) is 2.37. The van der Waals surface area contributed by atoms with Crippen LogP contribution >= 0.6 is 12.4 Å². The van der Waals surface area contributed by atoms with Crippen molar-refractivity contribution in [2.45, 2.75) is 19.5 Å². The molecule has 0 aliphatic heterocycles. The van der Waals surface area contributed by atoms with Crippen LogP contribution in [0.1, 0.15) is 34.5 Å². The highest BCUT2D eigenvalue weighted by atomic mass is 35.5. The van der Waals surface area contributed by atoms with Crippen molar-refractivity contribution >= 4 is 18.3 Å². The van der Waals surface area contributed by atoms with Crippen molar-refractivity contribution in [3.63, 3.8) is 0 Å². The molecule has 0 saturated carbocycles. The average Bonchev–Trinajstić information content (AvgIpc) is 3.14. The van der Waals surface area contributed by atoms with Gasteiger partial charge in [0.1, 0.15) is 6.33 Å². The van der Waals surface area contributed by atoms with E-state index in [1.54, 1.807) is 18.2 Å². The molecule has 130 valence electrons. The van der Waals surface area contributed by atoms with Crippen LogP contribution in [0.3, 0.4) is 0 Å². The van der Waals surface area contributed by atoms with Gasteiger partial charge in [-0.2, -0.15) is 4.68 Å². The van der Waals surface area contributed by atoms with Gasteiger partial charge in [-0.05, 0) is 40.6 Å². The molecule has 0 aliphatic carbocycles. The quantitative estimate of drug-likeness (QED) is 0.727. The smallest absolute Gasteiger partial charge is 0.253 e. The predicted molar refractivity (Wildman–Crippen MR) is 96.6 cm³/mol. The number of benzene rings is 2. The standard InChI is InChI=1S/C17H18N6O.ClH/c1-12(18)14-8-6-13(7-9-14)10-19-17(24)15-4-2-3-5-16(15)23-11-20-21-22-23;/h2-9,11-12H,10,18H2,1H3,(H,19,24);1H. The number of nitrogens with two attached hydrogens (primary N) is 1. The molecule has 8 heteroatoms. The number of aromatic nitrogens is 4. The van der Waals surface area contributed by atoms with Gasteiger partial charge in [0, 0.05) is 12.6 Å². The van der Waals surface area contributed by atoms with Gasteiger partial charge in [0.25, 0.3) is 5.91 Å². The van der Waals surface area contributed by atoms with Crippen molar-refractivity contribution in [1.82, 2.24) is 25.5 Å². The minimum absolute atomic E-state index is 0. The first-order chi connectivity index (χ1) is 11.6. The minimum atomic E-state index is -0.183. The topological polar surface area (TPSA) is 98.7 Å². The second-order valence-electron chi connectivity index (χ2n) is 5.48. The van der Waals surface area contributed by atoms with Gasteiger partial charge < -0.3 is 11.1 Å². The molecular weight excluding hydrogens is 340 g/mol. The van der Waals surface area contributed by atoms with E-state index in [1.807, 2.05) is 37.3 Å². The number of para-hydroxylation sites is 1. The summed E-state index contributed by atoms with van der Waals surface area (Å²) in [7, 11) is 0. The fraction of sp³-hybridized carbons (Fsp3) is 0.176. The molecule has 0 aliphatic rings. The van der Waals surface area contributed by atoms with E-state index in [2.05, 4.69) is 20.8 Å². The third-order valence-corrected chi connectivity index (χ3v) is 3.70. The summed E-state index contributed by atoms with van der Waals surface area (Å²) in [6.07, 6.45) is 1.46. The SMILES string of the molecule is CC(N)c1ccc(CNC(=O)c2ccccc2-n2cnnn2)cc1.Cl. The third kappa shape index (κ3) is 4.40. The zero-order valence-corrected chi connectivity index (χ0v) is 14.5. The molecule has 7 nitrogen and oxygen atoms in total. The largest absolute Gasteiger partial charge is 0.348 e. The van der Waals surface area contributed by atoms with Crippen molar-refractivity contribution in [3.05, 3.63) is 71.5 Å². The molecular formula is C17H19ClN6O. The van der Waals surface area contributed by atoms with Gasteiger partial charge in [0.15, 0.2) is 0 Å². The second-order valence-corrected chi connectivity index (χ2v) is 5.48. The number of hydrogen-bond acceptors (Lipinski definition) is 5. The number of nitrogens with zero attached hydrogens (tertiary/aromatic N) is 4. The van der Waals surface area contributed by atoms with Crippen LogP contribution in [0.25, 0.3) is 5.69 Å². The Labute approximate surface area is 151 Å². The molecule has 25 heavy (non-hydrogen) atoms. The van der Waals surface area contributed by atoms with Crippen LogP contribution in [0.5, 0.6) is 0 Å². The van der Waals surface area contributed by atoms with Gasteiger partial charge in [-0.25, -0.2) is 0 Å². The van der Waals surface area contributed by atoms with E-state index in [4.69, 9.17) is 5.73 Å². The number of tetrazole rings is 1. The zero-order valence-electron chi connectivity index (χ0n) is 13.7. The van der Waals surface area contributed by atoms with Crippen molar-refractivity contribution in [2.75, 3.05) is 0 Å². The molecule has 3 aromatic rings. The summed E-state index contributed by atoms with van der Waals surface area (Å²) >= 11 is 0. The Morgan fingerprint density at radius 2 is 1.92 bits per heavy atom. The Kier molecular flexibility index (Phi) is 6.21. The lowest BCUT2D eigenvalue weighted by atomic mass is 10.1. The van der Waals surface area contributed by atoms with E-state index >= 15 is 0 Å². The molecule has 1 atom stereocenters. The first kappa shape index (κ1) is 18.6. The highest BCUT2D eigenvalue weighted by Gasteiger charge is 2.13. The Morgan fingerprint density at radius 1 is 1.20 bits per heavy atom. The van der Waals surface area contributed by atoms with Crippen LogP contribution in [-0.4, -0.2) is 26.1 Å². The van der Waals surface area contributed by atoms with Gasteiger partial charge in [0.2, 0.25) is 0 Å². The molecule has 0 spiro atoms. The summed E-state index contributed by atoms with van der Waals surface area (Å²) in [5.74, 6) is -0.183. The Bertz CT molecular complexity index is 817. The van der Waals surface area contributed by atoms with Crippen molar-refractivity contribution in [2.24, 2.45) is 5.73 Å². The maximum absolute atomic E-state index is 12.5. The molecule has 3 rings (SSSR count). The summed E-state index contributed by atoms with van der Waals surface area (Å²) in [6, 6.07) is 15.0. The van der Waals surface area contributed by atoms with E-state index in [0.29, 0.717) is 17.8 Å². The molecule has 0 saturated heterocycles. The maximum atomic E-state index is 12.5. The van der Waals surface area contributed by atoms with Crippen LogP contribution in [-0.2, 0) is 6.54 Å². The zero-order chi connectivity index (χ0) is 16.9. The van der Waals surface area contributed by atoms with E-state index in [-0.39, 0.29) is 24.4 Å². The first-order valence-electron chi connectivity index (χ1n) is 7.60. The lowest BCUT2D eigenvalue weighted by Gasteiger charge is -2.10. The molecule has 0 fully saturated rings. The van der Waals surface area contributed by atoms with Crippen LogP contribution in [0.4, 0.5) is 0 Å². The normalized spacial score (nSPS) is 11.4. The predicted octanol–water partition coefficient (Wildman–Crippen LogP) is 2.03. The highest BCUT2D eigenvalue weighted by Crippen LogP contribution is 2.14. The Morgan fingerprint density at radius 3 is 2.56 bits per heavy atom. The number of rotatable bonds is 5. The second kappa shape index (κ2) is 8.36. The Hall–Kier alpha value is -2.77. The minimum Gasteiger partial charge on any atom is -0.348 e. The summed E-state index contributed by atoms with van der Waals surface area (Å²) in [4.78, 5) is 12.5. The number of nitrogens with one attached hydrogen (secondary N) is 1. The number of halogens is 1. The lowest BCUT2D eigenvalue weighted by molar-refractivity contribution is 0.0950. The molecule has 2 aromatic carbocycles. The van der Waals surface area contributed by atoms with E-state index in [9.17, 15) is 4.79 Å². The number of carbonyl (C=O) groups is 1. The fourth-order valence-electron chi connectivity index (χ4n) is 2.35. The van der Waals surface area contributed by atoms with Crippen molar-refractivity contribution in [1.29, 1.82) is 0 Å². The molecule has 1 heterocycles. The molecule has 0 radical (unpaired) electrons. The number of hydrogen-bond donors (Lipinski definition) is 2. The maximum Gasteiger partial charge on any atom is 0.253 e. The number of carbonyl (C=O) groups excluding carboxylic acids is 1. The van der Waals surface area contributed by atoms with Gasteiger partial charge in [-0.15, -0.1) is 17.5 Å². The molecule has 0 bridgehead atoms. The Balaban J connectivity index is 0.00000225. The fourth-order valence-corrected chi connectivity index (χ4v) is 2.35. The van der Waals surface area contributed by atoms with Gasteiger partial charge >= 0.3 is 0 Å². The monoisotopic (exact) mass is 358 g/mol. The molecule has 1 amide bonds. The molecule has 1 unspecified atom stereocenters. The van der Waals surface area contributed by atoms with Gasteiger partial charge in [-0.3, -0.25) is 4.79 Å². The first-order valence-corrected chi connectivity index (χ1v) is 7.60.